The van der Waals surface area contributed by atoms with Crippen molar-refractivity contribution in [1.29, 1.82) is 0 Å². The fourth-order valence-corrected chi connectivity index (χ4v) is 3.44. The summed E-state index contributed by atoms with van der Waals surface area (Å²) in [7, 11) is 0. The Morgan fingerprint density at radius 2 is 1.35 bits per heavy atom. The fraction of sp³-hybridized carbons (Fsp3) is 1.00. The van der Waals surface area contributed by atoms with Gasteiger partial charge in [0.25, 0.3) is 0 Å². The molecule has 2 saturated heterocycles. The van der Waals surface area contributed by atoms with E-state index in [1.54, 1.807) is 0 Å². The molecule has 1 saturated carbocycles. The van der Waals surface area contributed by atoms with Crippen molar-refractivity contribution in [3.63, 3.8) is 0 Å². The Morgan fingerprint density at radius 1 is 0.765 bits per heavy atom. The molecule has 0 bridgehead atoms. The van der Waals surface area contributed by atoms with Crippen LogP contribution in [0.2, 0.25) is 0 Å². The minimum absolute atomic E-state index is 0.729. The molecule has 2 aliphatic heterocycles. The van der Waals surface area contributed by atoms with E-state index in [0.29, 0.717) is 0 Å². The second kappa shape index (κ2) is 4.87. The van der Waals surface area contributed by atoms with Gasteiger partial charge in [-0.25, -0.2) is 0 Å². The van der Waals surface area contributed by atoms with Crippen LogP contribution in [-0.4, -0.2) is 72.1 Å². The largest absolute Gasteiger partial charge is 0.299 e. The molecule has 1 unspecified atom stereocenters. The number of rotatable bonds is 3. The number of nitrogens with zero attached hydrogens (tertiary/aromatic N) is 3. The summed E-state index contributed by atoms with van der Waals surface area (Å²) < 4.78 is 0. The highest BCUT2D eigenvalue weighted by Gasteiger charge is 2.34. The molecule has 0 aromatic heterocycles. The first-order valence-electron chi connectivity index (χ1n) is 7.46. The van der Waals surface area contributed by atoms with Crippen molar-refractivity contribution in [3.05, 3.63) is 0 Å². The summed E-state index contributed by atoms with van der Waals surface area (Å²) in [6.07, 6.45) is 4.32. The van der Waals surface area contributed by atoms with Crippen molar-refractivity contribution in [2.75, 3.05) is 39.3 Å². The first-order chi connectivity index (χ1) is 8.24. The maximum absolute atomic E-state index is 2.75. The van der Waals surface area contributed by atoms with Gasteiger partial charge in [0, 0.05) is 57.4 Å². The molecular weight excluding hydrogens is 210 g/mol. The standard InChI is InChI=1S/C14H27N3/c1-12(2)17-6-5-14(11-17)16-9-7-15(8-10-16)13-3-4-13/h12-14H,3-11H2,1-2H3. The first kappa shape index (κ1) is 11.9. The normalized spacial score (nSPS) is 33.7. The van der Waals surface area contributed by atoms with Crippen LogP contribution in [0.5, 0.6) is 0 Å². The summed E-state index contributed by atoms with van der Waals surface area (Å²) in [5.74, 6) is 0. The van der Waals surface area contributed by atoms with Gasteiger partial charge in [0.05, 0.1) is 0 Å². The van der Waals surface area contributed by atoms with Crippen molar-refractivity contribution in [3.8, 4) is 0 Å². The molecule has 1 atom stereocenters. The van der Waals surface area contributed by atoms with Gasteiger partial charge in [-0.2, -0.15) is 0 Å². The molecule has 3 rings (SSSR count). The van der Waals surface area contributed by atoms with Crippen molar-refractivity contribution in [2.45, 2.75) is 51.2 Å². The van der Waals surface area contributed by atoms with Gasteiger partial charge in [-0.05, 0) is 33.1 Å². The molecule has 0 radical (unpaired) electrons. The average molecular weight is 237 g/mol. The topological polar surface area (TPSA) is 9.72 Å². The van der Waals surface area contributed by atoms with Gasteiger partial charge in [-0.3, -0.25) is 14.7 Å². The van der Waals surface area contributed by atoms with E-state index in [9.17, 15) is 0 Å². The van der Waals surface area contributed by atoms with E-state index >= 15 is 0 Å². The number of piperazine rings is 1. The molecule has 0 N–H and O–H groups in total. The van der Waals surface area contributed by atoms with Gasteiger partial charge in [0.1, 0.15) is 0 Å². The lowest BCUT2D eigenvalue weighted by Crippen LogP contribution is -2.51. The zero-order valence-electron chi connectivity index (χ0n) is 11.4. The van der Waals surface area contributed by atoms with Crippen LogP contribution in [0.3, 0.4) is 0 Å². The highest BCUT2D eigenvalue weighted by molar-refractivity contribution is 4.91. The predicted octanol–water partition coefficient (Wildman–Crippen LogP) is 1.25. The monoisotopic (exact) mass is 237 g/mol. The molecule has 3 aliphatic rings. The molecule has 0 spiro atoms. The summed E-state index contributed by atoms with van der Waals surface area (Å²) in [4.78, 5) is 8.10. The Kier molecular flexibility index (Phi) is 3.42. The minimum Gasteiger partial charge on any atom is -0.299 e. The van der Waals surface area contributed by atoms with Crippen LogP contribution in [0.25, 0.3) is 0 Å². The number of likely N-dealkylation sites (tertiary alicyclic amines) is 1. The average Bonchev–Trinajstić information content (AvgIpc) is 3.06. The smallest absolute Gasteiger partial charge is 0.0236 e. The molecule has 0 aromatic rings. The van der Waals surface area contributed by atoms with E-state index in [1.807, 2.05) is 0 Å². The van der Waals surface area contributed by atoms with Crippen LogP contribution >= 0.6 is 0 Å². The molecule has 1 aliphatic carbocycles. The van der Waals surface area contributed by atoms with Crippen molar-refractivity contribution in [2.24, 2.45) is 0 Å². The van der Waals surface area contributed by atoms with E-state index < -0.39 is 0 Å². The third-order valence-corrected chi connectivity index (χ3v) is 4.85. The van der Waals surface area contributed by atoms with Gasteiger partial charge in [0.15, 0.2) is 0 Å². The summed E-state index contributed by atoms with van der Waals surface area (Å²) in [5, 5.41) is 0. The van der Waals surface area contributed by atoms with Crippen molar-refractivity contribution >= 4 is 0 Å². The van der Waals surface area contributed by atoms with E-state index in [0.717, 1.165) is 18.1 Å². The van der Waals surface area contributed by atoms with E-state index in [1.165, 1.54) is 58.5 Å². The lowest BCUT2D eigenvalue weighted by atomic mass is 10.2. The first-order valence-corrected chi connectivity index (χ1v) is 7.46. The summed E-state index contributed by atoms with van der Waals surface area (Å²) in [6, 6.07) is 2.54. The molecule has 3 nitrogen and oxygen atoms in total. The van der Waals surface area contributed by atoms with Gasteiger partial charge in [-0.15, -0.1) is 0 Å². The van der Waals surface area contributed by atoms with Crippen LogP contribution in [0, 0.1) is 0 Å². The van der Waals surface area contributed by atoms with E-state index in [4.69, 9.17) is 0 Å². The van der Waals surface area contributed by atoms with Gasteiger partial charge < -0.3 is 0 Å². The van der Waals surface area contributed by atoms with Crippen LogP contribution < -0.4 is 0 Å². The predicted molar refractivity (Wildman–Crippen MR) is 71.3 cm³/mol. The molecule has 3 heteroatoms. The van der Waals surface area contributed by atoms with Crippen LogP contribution in [-0.2, 0) is 0 Å². The Hall–Kier alpha value is -0.120. The highest BCUT2D eigenvalue weighted by Crippen LogP contribution is 2.28. The van der Waals surface area contributed by atoms with Crippen LogP contribution in [0.1, 0.15) is 33.1 Å². The lowest BCUT2D eigenvalue weighted by molar-refractivity contribution is 0.0914. The molecular formula is C14H27N3. The molecule has 0 amide bonds. The minimum atomic E-state index is 0.729. The maximum atomic E-state index is 2.75. The van der Waals surface area contributed by atoms with E-state index in [-0.39, 0.29) is 0 Å². The third kappa shape index (κ3) is 2.67. The summed E-state index contributed by atoms with van der Waals surface area (Å²) in [6.45, 7) is 12.5. The maximum Gasteiger partial charge on any atom is 0.0236 e. The Morgan fingerprint density at radius 3 is 1.82 bits per heavy atom. The fourth-order valence-electron chi connectivity index (χ4n) is 3.44. The SMILES string of the molecule is CC(C)N1CCC(N2CCN(C3CC3)CC2)C1. The molecule has 3 fully saturated rings. The van der Waals surface area contributed by atoms with E-state index in [2.05, 4.69) is 28.5 Å². The van der Waals surface area contributed by atoms with Gasteiger partial charge in [0.2, 0.25) is 0 Å². The van der Waals surface area contributed by atoms with Crippen molar-refractivity contribution in [1.82, 2.24) is 14.7 Å². The number of hydrogen-bond donors (Lipinski definition) is 0. The highest BCUT2D eigenvalue weighted by atomic mass is 15.3. The number of hydrogen-bond acceptors (Lipinski definition) is 3. The zero-order valence-corrected chi connectivity index (χ0v) is 11.4. The zero-order chi connectivity index (χ0) is 11.8. The third-order valence-electron chi connectivity index (χ3n) is 4.85. The van der Waals surface area contributed by atoms with Crippen LogP contribution in [0.4, 0.5) is 0 Å². The van der Waals surface area contributed by atoms with Crippen LogP contribution in [0.15, 0.2) is 0 Å². The molecule has 98 valence electrons. The molecule has 2 heterocycles. The Bertz CT molecular complexity index is 254. The molecule has 17 heavy (non-hydrogen) atoms. The molecule has 0 aromatic carbocycles. The summed E-state index contributed by atoms with van der Waals surface area (Å²) >= 11 is 0. The Labute approximate surface area is 106 Å². The second-order valence-corrected chi connectivity index (χ2v) is 6.33. The summed E-state index contributed by atoms with van der Waals surface area (Å²) in [5.41, 5.74) is 0. The van der Waals surface area contributed by atoms with Gasteiger partial charge in [-0.1, -0.05) is 0 Å². The lowest BCUT2D eigenvalue weighted by Gasteiger charge is -2.38. The second-order valence-electron chi connectivity index (χ2n) is 6.33. The van der Waals surface area contributed by atoms with Gasteiger partial charge >= 0.3 is 0 Å². The van der Waals surface area contributed by atoms with Crippen molar-refractivity contribution < 1.29 is 0 Å². The Balaban J connectivity index is 1.46. The quantitative estimate of drug-likeness (QED) is 0.731.